The maximum atomic E-state index is 13.0. The Balaban J connectivity index is 3.09. The fourth-order valence-electron chi connectivity index (χ4n) is 0.888. The van der Waals surface area contributed by atoms with Crippen molar-refractivity contribution in [2.24, 2.45) is 0 Å². The summed E-state index contributed by atoms with van der Waals surface area (Å²) < 4.78 is 13.0. The van der Waals surface area contributed by atoms with E-state index in [9.17, 15) is 4.39 Å². The van der Waals surface area contributed by atoms with Gasteiger partial charge in [0, 0.05) is 6.07 Å². The van der Waals surface area contributed by atoms with E-state index in [4.69, 9.17) is 5.73 Å². The number of anilines is 1. The van der Waals surface area contributed by atoms with E-state index in [2.05, 4.69) is 4.98 Å². The van der Waals surface area contributed by atoms with Crippen molar-refractivity contribution in [3.63, 3.8) is 0 Å². The maximum absolute atomic E-state index is 13.0. The van der Waals surface area contributed by atoms with Crippen LogP contribution in [0.25, 0.3) is 0 Å². The van der Waals surface area contributed by atoms with Crippen LogP contribution >= 0.6 is 0 Å². The fourth-order valence-corrected chi connectivity index (χ4v) is 0.888. The van der Waals surface area contributed by atoms with Crippen molar-refractivity contribution in [1.29, 1.82) is 0 Å². The van der Waals surface area contributed by atoms with Gasteiger partial charge in [0.05, 0.1) is 17.6 Å². The number of hydrogen-bond acceptors (Lipinski definition) is 2. The Hall–Kier alpha value is -1.12. The summed E-state index contributed by atoms with van der Waals surface area (Å²) in [7, 11) is 0. The molecule has 60 valence electrons. The van der Waals surface area contributed by atoms with Crippen LogP contribution in [0.5, 0.6) is 0 Å². The molecule has 0 amide bonds. The van der Waals surface area contributed by atoms with Crippen molar-refractivity contribution < 1.29 is 4.39 Å². The highest BCUT2D eigenvalue weighted by Gasteiger charge is 2.07. The Morgan fingerprint density at radius 1 is 1.55 bits per heavy atom. The molecule has 0 bridgehead atoms. The molecule has 0 radical (unpaired) electrons. The molecular weight excluding hydrogens is 143 g/mol. The van der Waals surface area contributed by atoms with Crippen LogP contribution in [0.2, 0.25) is 0 Å². The zero-order valence-corrected chi connectivity index (χ0v) is 6.63. The average Bonchev–Trinajstić information content (AvgIpc) is 1.85. The van der Waals surface area contributed by atoms with Crippen LogP contribution in [-0.4, -0.2) is 4.98 Å². The van der Waals surface area contributed by atoms with Crippen LogP contribution in [0.1, 0.15) is 25.5 Å². The lowest BCUT2D eigenvalue weighted by Gasteiger charge is -2.04. The number of nitrogens with two attached hydrogens (primary N) is 1. The Labute approximate surface area is 65.3 Å². The third kappa shape index (κ3) is 1.67. The lowest BCUT2D eigenvalue weighted by Crippen LogP contribution is -1.98. The molecule has 3 heteroatoms. The largest absolute Gasteiger partial charge is 0.397 e. The molecule has 0 saturated carbocycles. The molecule has 0 saturated heterocycles. The van der Waals surface area contributed by atoms with Gasteiger partial charge in [-0.1, -0.05) is 13.8 Å². The second-order valence-corrected chi connectivity index (χ2v) is 2.79. The van der Waals surface area contributed by atoms with Gasteiger partial charge in [-0.2, -0.15) is 0 Å². The van der Waals surface area contributed by atoms with Crippen LogP contribution in [0.15, 0.2) is 12.3 Å². The van der Waals surface area contributed by atoms with Crippen molar-refractivity contribution in [2.75, 3.05) is 5.73 Å². The minimum Gasteiger partial charge on any atom is -0.397 e. The summed E-state index contributed by atoms with van der Waals surface area (Å²) >= 11 is 0. The van der Waals surface area contributed by atoms with Gasteiger partial charge in [0.15, 0.2) is 0 Å². The molecule has 11 heavy (non-hydrogen) atoms. The van der Waals surface area contributed by atoms with Gasteiger partial charge >= 0.3 is 0 Å². The molecule has 0 atom stereocenters. The van der Waals surface area contributed by atoms with E-state index < -0.39 is 0 Å². The molecule has 0 aliphatic rings. The zero-order chi connectivity index (χ0) is 8.43. The van der Waals surface area contributed by atoms with Gasteiger partial charge in [-0.25, -0.2) is 4.39 Å². The highest BCUT2D eigenvalue weighted by molar-refractivity contribution is 5.36. The van der Waals surface area contributed by atoms with Gasteiger partial charge in [-0.3, -0.25) is 4.98 Å². The number of aromatic nitrogens is 1. The number of pyridine rings is 1. The summed E-state index contributed by atoms with van der Waals surface area (Å²) in [6.45, 7) is 3.78. The molecule has 2 N–H and O–H groups in total. The van der Waals surface area contributed by atoms with Crippen molar-refractivity contribution >= 4 is 5.69 Å². The normalized spacial score (nSPS) is 10.5. The predicted molar refractivity (Wildman–Crippen MR) is 42.7 cm³/mol. The van der Waals surface area contributed by atoms with Gasteiger partial charge in [-0.15, -0.1) is 0 Å². The SMILES string of the molecule is CC(C)c1ncc(N)cc1F. The second kappa shape index (κ2) is 2.86. The second-order valence-electron chi connectivity index (χ2n) is 2.79. The van der Waals surface area contributed by atoms with Crippen LogP contribution in [0.4, 0.5) is 10.1 Å². The van der Waals surface area contributed by atoms with Crippen molar-refractivity contribution in [3.8, 4) is 0 Å². The van der Waals surface area contributed by atoms with Crippen molar-refractivity contribution in [3.05, 3.63) is 23.8 Å². The molecule has 0 aliphatic carbocycles. The molecule has 1 heterocycles. The third-order valence-electron chi connectivity index (χ3n) is 1.44. The maximum Gasteiger partial charge on any atom is 0.146 e. The number of nitrogens with zero attached hydrogens (tertiary/aromatic N) is 1. The lowest BCUT2D eigenvalue weighted by molar-refractivity contribution is 0.585. The Morgan fingerprint density at radius 2 is 2.18 bits per heavy atom. The standard InChI is InChI=1S/C8H11FN2/c1-5(2)8-7(9)3-6(10)4-11-8/h3-5H,10H2,1-2H3. The van der Waals surface area contributed by atoms with Gasteiger partial charge in [0.2, 0.25) is 0 Å². The first-order chi connectivity index (χ1) is 5.11. The van der Waals surface area contributed by atoms with Gasteiger partial charge < -0.3 is 5.73 Å². The fraction of sp³-hybridized carbons (Fsp3) is 0.375. The molecule has 2 nitrogen and oxygen atoms in total. The van der Waals surface area contributed by atoms with Gasteiger partial charge in [0.25, 0.3) is 0 Å². The Bertz CT molecular complexity index is 258. The molecular formula is C8H11FN2. The first-order valence-corrected chi connectivity index (χ1v) is 3.52. The summed E-state index contributed by atoms with van der Waals surface area (Å²) in [6.07, 6.45) is 1.47. The predicted octanol–water partition coefficient (Wildman–Crippen LogP) is 1.93. The topological polar surface area (TPSA) is 38.9 Å². The summed E-state index contributed by atoms with van der Waals surface area (Å²) in [6, 6.07) is 1.29. The Morgan fingerprint density at radius 3 is 2.64 bits per heavy atom. The Kier molecular flexibility index (Phi) is 2.08. The van der Waals surface area contributed by atoms with Crippen LogP contribution in [0.3, 0.4) is 0 Å². The van der Waals surface area contributed by atoms with Crippen LogP contribution < -0.4 is 5.73 Å². The van der Waals surface area contributed by atoms with E-state index in [1.165, 1.54) is 12.3 Å². The monoisotopic (exact) mass is 154 g/mol. The highest BCUT2D eigenvalue weighted by Crippen LogP contribution is 2.16. The lowest BCUT2D eigenvalue weighted by atomic mass is 10.1. The van der Waals surface area contributed by atoms with Crippen molar-refractivity contribution in [2.45, 2.75) is 19.8 Å². The summed E-state index contributed by atoms with van der Waals surface area (Å²) in [5, 5.41) is 0. The van der Waals surface area contributed by atoms with E-state index in [1.807, 2.05) is 13.8 Å². The van der Waals surface area contributed by atoms with Crippen LogP contribution in [-0.2, 0) is 0 Å². The smallest absolute Gasteiger partial charge is 0.146 e. The molecule has 0 fully saturated rings. The van der Waals surface area contributed by atoms with Gasteiger partial charge in [-0.05, 0) is 5.92 Å². The summed E-state index contributed by atoms with van der Waals surface area (Å²) in [5.41, 5.74) is 6.16. The first kappa shape index (κ1) is 7.98. The number of halogens is 1. The van der Waals surface area contributed by atoms with Crippen molar-refractivity contribution in [1.82, 2.24) is 4.98 Å². The van der Waals surface area contributed by atoms with Gasteiger partial charge in [0.1, 0.15) is 5.82 Å². The number of rotatable bonds is 1. The molecule has 1 aromatic rings. The van der Waals surface area contributed by atoms with E-state index in [0.717, 1.165) is 0 Å². The molecule has 0 spiro atoms. The number of hydrogen-bond donors (Lipinski definition) is 1. The van der Waals surface area contributed by atoms with E-state index in [1.54, 1.807) is 0 Å². The third-order valence-corrected chi connectivity index (χ3v) is 1.44. The molecule has 0 aromatic carbocycles. The minimum absolute atomic E-state index is 0.107. The van der Waals surface area contributed by atoms with Crippen LogP contribution in [0, 0.1) is 5.82 Å². The average molecular weight is 154 g/mol. The molecule has 0 unspecified atom stereocenters. The van der Waals surface area contributed by atoms with E-state index >= 15 is 0 Å². The quantitative estimate of drug-likeness (QED) is 0.671. The molecule has 0 aliphatic heterocycles. The molecule has 1 aromatic heterocycles. The molecule has 1 rings (SSSR count). The number of nitrogen functional groups attached to an aromatic ring is 1. The summed E-state index contributed by atoms with van der Waals surface area (Å²) in [4.78, 5) is 3.88. The highest BCUT2D eigenvalue weighted by atomic mass is 19.1. The summed E-state index contributed by atoms with van der Waals surface area (Å²) in [5.74, 6) is -0.212. The van der Waals surface area contributed by atoms with E-state index in [-0.39, 0.29) is 11.7 Å². The first-order valence-electron chi connectivity index (χ1n) is 3.52. The van der Waals surface area contributed by atoms with E-state index in [0.29, 0.717) is 11.4 Å². The minimum atomic E-state index is -0.319. The zero-order valence-electron chi connectivity index (χ0n) is 6.63.